The van der Waals surface area contributed by atoms with E-state index in [9.17, 15) is 13.5 Å². The van der Waals surface area contributed by atoms with Crippen LogP contribution in [0, 0.1) is 13.8 Å². The fourth-order valence-corrected chi connectivity index (χ4v) is 4.95. The minimum absolute atomic E-state index is 0.0591. The van der Waals surface area contributed by atoms with Crippen molar-refractivity contribution in [3.05, 3.63) is 53.6 Å². The van der Waals surface area contributed by atoms with E-state index >= 15 is 0 Å². The van der Waals surface area contributed by atoms with Gasteiger partial charge in [0.2, 0.25) is 0 Å². The summed E-state index contributed by atoms with van der Waals surface area (Å²) in [4.78, 5) is 0.0591. The summed E-state index contributed by atoms with van der Waals surface area (Å²) in [5.41, 5.74) is 2.61. The second kappa shape index (κ2) is 9.91. The molecule has 0 aromatic heterocycles. The van der Waals surface area contributed by atoms with Gasteiger partial charge in [-0.3, -0.25) is 0 Å². The van der Waals surface area contributed by atoms with Crippen LogP contribution < -0.4 is 13.3 Å². The highest BCUT2D eigenvalue weighted by atomic mass is 32.2. The van der Waals surface area contributed by atoms with Crippen LogP contribution in [0.25, 0.3) is 5.57 Å². The lowest BCUT2D eigenvalue weighted by Crippen LogP contribution is -2.44. The van der Waals surface area contributed by atoms with Gasteiger partial charge in [-0.25, -0.2) is 0 Å². The summed E-state index contributed by atoms with van der Waals surface area (Å²) in [6.07, 6.45) is 0.296. The lowest BCUT2D eigenvalue weighted by Gasteiger charge is -2.38. The topological polar surface area (TPSA) is 82.1 Å². The monoisotopic (exact) mass is 492 g/mol. The van der Waals surface area contributed by atoms with E-state index in [1.54, 1.807) is 25.1 Å². The first-order valence-corrected chi connectivity index (χ1v) is 15.2. The number of rotatable bonds is 9. The van der Waals surface area contributed by atoms with Crippen LogP contribution in [0.2, 0.25) is 18.1 Å². The minimum atomic E-state index is -4.07. The number of aryl methyl sites for hydroxylation is 1. The molecule has 2 rings (SSSR count). The van der Waals surface area contributed by atoms with Crippen molar-refractivity contribution in [2.24, 2.45) is 0 Å². The predicted molar refractivity (Wildman–Crippen MR) is 135 cm³/mol. The zero-order chi connectivity index (χ0) is 25.2. The maximum absolute atomic E-state index is 13.0. The molecule has 2 aromatic carbocycles. The number of aliphatic hydroxyl groups is 1. The number of aliphatic hydroxyl groups excluding tert-OH is 1. The molecule has 0 atom stereocenters. The van der Waals surface area contributed by atoms with E-state index in [0.717, 1.165) is 5.56 Å². The highest BCUT2D eigenvalue weighted by Gasteiger charge is 2.40. The summed E-state index contributed by atoms with van der Waals surface area (Å²) >= 11 is 0. The first-order chi connectivity index (χ1) is 15.1. The number of benzene rings is 2. The van der Waals surface area contributed by atoms with Crippen molar-refractivity contribution < 1.29 is 26.9 Å². The molecule has 2 aromatic rings. The summed E-state index contributed by atoms with van der Waals surface area (Å²) in [5.74, 6) is 1.02. The second-order valence-corrected chi connectivity index (χ2v) is 16.0. The van der Waals surface area contributed by atoms with E-state index in [1.807, 2.05) is 6.92 Å². The molecule has 0 radical (unpaired) electrons. The largest absolute Gasteiger partial charge is 0.541 e. The number of hydrogen-bond acceptors (Lipinski definition) is 6. The van der Waals surface area contributed by atoms with Gasteiger partial charge in [0.25, 0.3) is 8.32 Å². The molecular formula is C25H36O6SSi. The summed E-state index contributed by atoms with van der Waals surface area (Å²) in [6, 6.07) is 8.07. The molecule has 0 aliphatic heterocycles. The molecule has 33 heavy (non-hydrogen) atoms. The Morgan fingerprint density at radius 3 is 2.15 bits per heavy atom. The van der Waals surface area contributed by atoms with E-state index in [2.05, 4.69) is 40.4 Å². The van der Waals surface area contributed by atoms with Crippen LogP contribution in [0.4, 0.5) is 0 Å². The molecule has 0 aliphatic rings. The average molecular weight is 493 g/mol. The van der Waals surface area contributed by atoms with Crippen molar-refractivity contribution in [1.82, 2.24) is 0 Å². The summed E-state index contributed by atoms with van der Waals surface area (Å²) < 4.78 is 43.8. The van der Waals surface area contributed by atoms with Crippen LogP contribution >= 0.6 is 0 Å². The molecule has 0 unspecified atom stereocenters. The molecule has 182 valence electrons. The van der Waals surface area contributed by atoms with Gasteiger partial charge in [0.1, 0.15) is 10.6 Å². The molecule has 0 saturated carbocycles. The van der Waals surface area contributed by atoms with E-state index in [1.165, 1.54) is 19.2 Å². The van der Waals surface area contributed by atoms with Gasteiger partial charge in [0.15, 0.2) is 11.5 Å². The molecule has 0 spiro atoms. The molecule has 8 heteroatoms. The molecule has 0 fully saturated rings. The van der Waals surface area contributed by atoms with Gasteiger partial charge in [-0.1, -0.05) is 45.0 Å². The van der Waals surface area contributed by atoms with Crippen LogP contribution in [0.1, 0.15) is 43.9 Å². The van der Waals surface area contributed by atoms with Crippen LogP contribution in [0.15, 0.2) is 41.8 Å². The van der Waals surface area contributed by atoms with Crippen LogP contribution in [0.3, 0.4) is 0 Å². The third kappa shape index (κ3) is 5.99. The Morgan fingerprint density at radius 1 is 1.09 bits per heavy atom. The number of ether oxygens (including phenoxy) is 1. The smallest absolute Gasteiger partial charge is 0.339 e. The van der Waals surface area contributed by atoms with E-state index in [4.69, 9.17) is 13.3 Å². The fraction of sp³-hybridized carbons (Fsp3) is 0.440. The van der Waals surface area contributed by atoms with Crippen LogP contribution in [0.5, 0.6) is 17.2 Å². The third-order valence-electron chi connectivity index (χ3n) is 6.11. The van der Waals surface area contributed by atoms with E-state index < -0.39 is 18.4 Å². The van der Waals surface area contributed by atoms with Crippen molar-refractivity contribution in [3.63, 3.8) is 0 Å². The predicted octanol–water partition coefficient (Wildman–Crippen LogP) is 5.86. The molecule has 0 heterocycles. The highest BCUT2D eigenvalue weighted by molar-refractivity contribution is 7.87. The first-order valence-electron chi connectivity index (χ1n) is 10.9. The lowest BCUT2D eigenvalue weighted by molar-refractivity contribution is 0.305. The average Bonchev–Trinajstić information content (AvgIpc) is 2.69. The molecule has 0 bridgehead atoms. The van der Waals surface area contributed by atoms with Crippen molar-refractivity contribution in [2.45, 2.75) is 64.1 Å². The van der Waals surface area contributed by atoms with Gasteiger partial charge < -0.3 is 18.5 Å². The molecular weight excluding hydrogens is 456 g/mol. The number of hydrogen-bond donors (Lipinski definition) is 1. The van der Waals surface area contributed by atoms with Crippen molar-refractivity contribution in [1.29, 1.82) is 0 Å². The zero-order valence-corrected chi connectivity index (χ0v) is 22.7. The quantitative estimate of drug-likeness (QED) is 0.349. The van der Waals surface area contributed by atoms with Gasteiger partial charge in [-0.15, -0.1) is 0 Å². The summed E-state index contributed by atoms with van der Waals surface area (Å²) in [7, 11) is -4.84. The maximum atomic E-state index is 13.0. The number of methoxy groups -OCH3 is 1. The van der Waals surface area contributed by atoms with Gasteiger partial charge in [-0.2, -0.15) is 8.42 Å². The fourth-order valence-electron chi connectivity index (χ4n) is 2.95. The first kappa shape index (κ1) is 27.0. The molecule has 1 N–H and O–H groups in total. The van der Waals surface area contributed by atoms with Crippen molar-refractivity contribution >= 4 is 24.0 Å². The highest BCUT2D eigenvalue weighted by Crippen LogP contribution is 2.47. The van der Waals surface area contributed by atoms with Gasteiger partial charge in [0.05, 0.1) is 7.11 Å². The summed E-state index contributed by atoms with van der Waals surface area (Å²) in [6.45, 7) is 18.2. The molecule has 0 amide bonds. The Balaban J connectivity index is 2.68. The Labute approximate surface area is 199 Å². The van der Waals surface area contributed by atoms with Gasteiger partial charge in [-0.05, 0) is 62.2 Å². The SMILES string of the molecule is C=C(CCO)c1cc(OS(=O)(=O)c2ccc(C)cc2)c(C)c(OC)c1O[Si](C)(C)C(C)(C)C. The molecule has 0 saturated heterocycles. The van der Waals surface area contributed by atoms with Crippen LogP contribution in [-0.4, -0.2) is 35.6 Å². The molecule has 6 nitrogen and oxygen atoms in total. The van der Waals surface area contributed by atoms with Crippen molar-refractivity contribution in [2.75, 3.05) is 13.7 Å². The van der Waals surface area contributed by atoms with Gasteiger partial charge >= 0.3 is 10.1 Å². The lowest BCUT2D eigenvalue weighted by atomic mass is 10.0. The van der Waals surface area contributed by atoms with Gasteiger partial charge in [0, 0.05) is 17.7 Å². The van der Waals surface area contributed by atoms with E-state index in [0.29, 0.717) is 34.6 Å². The minimum Gasteiger partial charge on any atom is -0.541 e. The zero-order valence-electron chi connectivity index (χ0n) is 20.9. The maximum Gasteiger partial charge on any atom is 0.339 e. The summed E-state index contributed by atoms with van der Waals surface area (Å²) in [5, 5.41) is 9.43. The normalized spacial score (nSPS) is 12.4. The third-order valence-corrected chi connectivity index (χ3v) is 11.7. The standard InChI is InChI=1S/C25H36O6SSi/c1-17-10-12-20(13-11-17)32(27,28)30-22-16-21(18(2)14-15-26)24(23(29-7)19(22)3)31-33(8,9)25(4,5)6/h10-13,16,26H,2,14-15H2,1,3-9H3. The van der Waals surface area contributed by atoms with Crippen molar-refractivity contribution in [3.8, 4) is 17.2 Å². The Kier molecular flexibility index (Phi) is 8.09. The Hall–Kier alpha value is -2.29. The van der Waals surface area contributed by atoms with Crippen LogP contribution in [-0.2, 0) is 10.1 Å². The van der Waals surface area contributed by atoms with E-state index in [-0.39, 0.29) is 22.3 Å². The Bertz CT molecular complexity index is 1110. The second-order valence-electron chi connectivity index (χ2n) is 9.70. The Morgan fingerprint density at radius 2 is 1.67 bits per heavy atom. The molecule has 0 aliphatic carbocycles.